The molecule has 0 atom stereocenters. The molecule has 1 aliphatic rings. The van der Waals surface area contributed by atoms with Crippen LogP contribution in [0.2, 0.25) is 0 Å². The Labute approximate surface area is 115 Å². The molecule has 6 nitrogen and oxygen atoms in total. The van der Waals surface area contributed by atoms with Crippen molar-refractivity contribution >= 4 is 22.2 Å². The van der Waals surface area contributed by atoms with E-state index in [4.69, 9.17) is 0 Å². The third-order valence-corrected chi connectivity index (χ3v) is 4.23. The number of hydrogen-bond donors (Lipinski definition) is 1. The lowest BCUT2D eigenvalue weighted by Crippen LogP contribution is -2.37. The van der Waals surface area contributed by atoms with E-state index in [2.05, 4.69) is 5.32 Å². The molecule has 1 fully saturated rings. The average molecular weight is 283 g/mol. The number of piperidine rings is 1. The molecule has 0 bridgehead atoms. The van der Waals surface area contributed by atoms with Gasteiger partial charge in [0.2, 0.25) is 0 Å². The van der Waals surface area contributed by atoms with E-state index in [-0.39, 0.29) is 10.9 Å². The second-order valence-corrected chi connectivity index (χ2v) is 5.70. The monoisotopic (exact) mass is 283 g/mol. The van der Waals surface area contributed by atoms with E-state index in [0.29, 0.717) is 18.0 Å². The first-order valence-corrected chi connectivity index (χ1v) is 7.15. The quantitative estimate of drug-likeness (QED) is 0.674. The minimum absolute atomic E-state index is 0.0126. The topological polar surface area (TPSA) is 75.5 Å². The number of amides is 1. The number of nitrogens with zero attached hydrogens (tertiary/aromatic N) is 2. The SMILES string of the molecule is CN(CC1CCNCC1)C(=O)c1csc([N+](=O)[O-])c1. The standard InChI is InChI=1S/C12H17N3O3S/c1-14(7-9-2-4-13-5-3-9)12(16)10-6-11(15(17)18)19-8-10/h6,8-9,13H,2-5,7H2,1H3. The number of hydrogen-bond acceptors (Lipinski definition) is 5. The molecule has 0 radical (unpaired) electrons. The van der Waals surface area contributed by atoms with Crippen LogP contribution in [0.15, 0.2) is 11.4 Å². The van der Waals surface area contributed by atoms with Gasteiger partial charge in [0.05, 0.1) is 10.5 Å². The summed E-state index contributed by atoms with van der Waals surface area (Å²) in [4.78, 5) is 24.0. The smallest absolute Gasteiger partial charge is 0.324 e. The van der Waals surface area contributed by atoms with Gasteiger partial charge < -0.3 is 10.2 Å². The minimum Gasteiger partial charge on any atom is -0.341 e. The van der Waals surface area contributed by atoms with Crippen LogP contribution in [-0.4, -0.2) is 42.4 Å². The highest BCUT2D eigenvalue weighted by molar-refractivity contribution is 7.13. The van der Waals surface area contributed by atoms with Crippen molar-refractivity contribution in [2.75, 3.05) is 26.7 Å². The number of nitro groups is 1. The van der Waals surface area contributed by atoms with Gasteiger partial charge in [-0.15, -0.1) is 0 Å². The summed E-state index contributed by atoms with van der Waals surface area (Å²) in [5.74, 6) is 0.381. The molecule has 0 saturated carbocycles. The van der Waals surface area contributed by atoms with Crippen LogP contribution in [0.4, 0.5) is 5.00 Å². The number of rotatable bonds is 4. The maximum atomic E-state index is 12.1. The Kier molecular flexibility index (Phi) is 4.49. The Morgan fingerprint density at radius 2 is 2.26 bits per heavy atom. The summed E-state index contributed by atoms with van der Waals surface area (Å²) in [6.07, 6.45) is 2.14. The number of carbonyl (C=O) groups excluding carboxylic acids is 1. The molecule has 0 aliphatic carbocycles. The van der Waals surface area contributed by atoms with Crippen molar-refractivity contribution in [2.24, 2.45) is 5.92 Å². The van der Waals surface area contributed by atoms with Crippen molar-refractivity contribution in [3.8, 4) is 0 Å². The Morgan fingerprint density at radius 3 is 2.84 bits per heavy atom. The summed E-state index contributed by atoms with van der Waals surface area (Å²) < 4.78 is 0. The lowest BCUT2D eigenvalue weighted by atomic mass is 9.97. The van der Waals surface area contributed by atoms with Crippen LogP contribution < -0.4 is 5.32 Å². The Bertz CT molecular complexity index is 469. The van der Waals surface area contributed by atoms with Gasteiger partial charge in [-0.05, 0) is 31.8 Å². The van der Waals surface area contributed by atoms with Crippen LogP contribution in [0.5, 0.6) is 0 Å². The Morgan fingerprint density at radius 1 is 1.58 bits per heavy atom. The zero-order valence-corrected chi connectivity index (χ0v) is 11.6. The molecule has 7 heteroatoms. The molecule has 1 aliphatic heterocycles. The summed E-state index contributed by atoms with van der Waals surface area (Å²) in [6, 6.07) is 1.35. The molecule has 1 saturated heterocycles. The van der Waals surface area contributed by atoms with Crippen LogP contribution in [0.25, 0.3) is 0 Å². The molecule has 1 aromatic heterocycles. The average Bonchev–Trinajstić information content (AvgIpc) is 2.88. The van der Waals surface area contributed by atoms with Gasteiger partial charge in [-0.1, -0.05) is 11.3 Å². The molecule has 104 valence electrons. The van der Waals surface area contributed by atoms with Crippen molar-refractivity contribution in [3.05, 3.63) is 27.1 Å². The molecular formula is C12H17N3O3S. The van der Waals surface area contributed by atoms with Crippen LogP contribution >= 0.6 is 11.3 Å². The van der Waals surface area contributed by atoms with Gasteiger partial charge in [0.1, 0.15) is 0 Å². The molecule has 0 aromatic carbocycles. The fourth-order valence-corrected chi connectivity index (χ4v) is 2.99. The number of thiophene rings is 1. The predicted octanol–water partition coefficient (Wildman–Crippen LogP) is 1.73. The van der Waals surface area contributed by atoms with E-state index in [9.17, 15) is 14.9 Å². The fourth-order valence-electron chi connectivity index (χ4n) is 2.29. The normalized spacial score (nSPS) is 16.3. The third-order valence-electron chi connectivity index (χ3n) is 3.35. The molecule has 1 aromatic rings. The summed E-state index contributed by atoms with van der Waals surface area (Å²) in [5, 5.41) is 15.5. The van der Waals surface area contributed by atoms with E-state index < -0.39 is 4.92 Å². The highest BCUT2D eigenvalue weighted by Crippen LogP contribution is 2.24. The summed E-state index contributed by atoms with van der Waals surface area (Å²) in [5.41, 5.74) is 0.410. The van der Waals surface area contributed by atoms with Crippen LogP contribution in [0.1, 0.15) is 23.2 Å². The van der Waals surface area contributed by atoms with Crippen molar-refractivity contribution in [3.63, 3.8) is 0 Å². The van der Waals surface area contributed by atoms with Gasteiger partial charge in [0, 0.05) is 25.0 Å². The van der Waals surface area contributed by atoms with E-state index >= 15 is 0 Å². The molecule has 19 heavy (non-hydrogen) atoms. The van der Waals surface area contributed by atoms with Gasteiger partial charge in [-0.25, -0.2) is 0 Å². The zero-order valence-electron chi connectivity index (χ0n) is 10.8. The van der Waals surface area contributed by atoms with E-state index in [1.165, 1.54) is 6.07 Å². The molecule has 0 spiro atoms. The molecule has 2 rings (SSSR count). The maximum absolute atomic E-state index is 12.1. The van der Waals surface area contributed by atoms with Gasteiger partial charge in [0.15, 0.2) is 0 Å². The maximum Gasteiger partial charge on any atom is 0.324 e. The van der Waals surface area contributed by atoms with Gasteiger partial charge >= 0.3 is 5.00 Å². The first-order chi connectivity index (χ1) is 9.08. The Hall–Kier alpha value is -1.47. The second kappa shape index (κ2) is 6.12. The minimum atomic E-state index is -0.464. The number of nitrogens with one attached hydrogen (secondary N) is 1. The van der Waals surface area contributed by atoms with Crippen molar-refractivity contribution < 1.29 is 9.72 Å². The number of carbonyl (C=O) groups is 1. The lowest BCUT2D eigenvalue weighted by molar-refractivity contribution is -0.380. The predicted molar refractivity (Wildman–Crippen MR) is 73.5 cm³/mol. The van der Waals surface area contributed by atoms with Gasteiger partial charge in [0.25, 0.3) is 5.91 Å². The molecule has 2 heterocycles. The molecule has 0 unspecified atom stereocenters. The molecular weight excluding hydrogens is 266 g/mol. The van der Waals surface area contributed by atoms with Crippen LogP contribution in [0, 0.1) is 16.0 Å². The van der Waals surface area contributed by atoms with Crippen LogP contribution in [0.3, 0.4) is 0 Å². The van der Waals surface area contributed by atoms with Gasteiger partial charge in [-0.3, -0.25) is 14.9 Å². The third kappa shape index (κ3) is 3.51. The van der Waals surface area contributed by atoms with E-state index in [1.54, 1.807) is 17.3 Å². The van der Waals surface area contributed by atoms with E-state index in [1.807, 2.05) is 0 Å². The van der Waals surface area contributed by atoms with Crippen molar-refractivity contribution in [1.82, 2.24) is 10.2 Å². The summed E-state index contributed by atoms with van der Waals surface area (Å²) in [7, 11) is 1.76. The van der Waals surface area contributed by atoms with Crippen LogP contribution in [-0.2, 0) is 0 Å². The van der Waals surface area contributed by atoms with E-state index in [0.717, 1.165) is 37.3 Å². The fraction of sp³-hybridized carbons (Fsp3) is 0.583. The summed E-state index contributed by atoms with van der Waals surface area (Å²) >= 11 is 0.993. The van der Waals surface area contributed by atoms with Crippen molar-refractivity contribution in [2.45, 2.75) is 12.8 Å². The highest BCUT2D eigenvalue weighted by Gasteiger charge is 2.21. The zero-order chi connectivity index (χ0) is 13.8. The van der Waals surface area contributed by atoms with Gasteiger partial charge in [-0.2, -0.15) is 0 Å². The molecule has 1 amide bonds. The summed E-state index contributed by atoms with van der Waals surface area (Å²) in [6.45, 7) is 2.71. The lowest BCUT2D eigenvalue weighted by Gasteiger charge is -2.27. The largest absolute Gasteiger partial charge is 0.341 e. The Balaban J connectivity index is 1.95. The first kappa shape index (κ1) is 14.0. The second-order valence-electron chi connectivity index (χ2n) is 4.81. The highest BCUT2D eigenvalue weighted by atomic mass is 32.1. The first-order valence-electron chi connectivity index (χ1n) is 6.27. The molecule has 1 N–H and O–H groups in total. The van der Waals surface area contributed by atoms with Crippen molar-refractivity contribution in [1.29, 1.82) is 0 Å².